The summed E-state index contributed by atoms with van der Waals surface area (Å²) >= 11 is 0. The van der Waals surface area contributed by atoms with E-state index in [9.17, 15) is 0 Å². The lowest BCUT2D eigenvalue weighted by Gasteiger charge is -2.28. The van der Waals surface area contributed by atoms with Gasteiger partial charge >= 0.3 is 0 Å². The molecule has 1 unspecified atom stereocenters. The Kier molecular flexibility index (Phi) is 5.24. The van der Waals surface area contributed by atoms with Crippen molar-refractivity contribution >= 4 is 0 Å². The van der Waals surface area contributed by atoms with E-state index in [0.717, 1.165) is 12.5 Å². The highest BCUT2D eigenvalue weighted by Gasteiger charge is 2.25. The highest BCUT2D eigenvalue weighted by molar-refractivity contribution is 5.01. The summed E-state index contributed by atoms with van der Waals surface area (Å²) in [6, 6.07) is 0.429. The van der Waals surface area contributed by atoms with Gasteiger partial charge in [0.1, 0.15) is 5.82 Å². The van der Waals surface area contributed by atoms with Crippen molar-refractivity contribution in [1.82, 2.24) is 14.9 Å². The molecule has 1 heterocycles. The molecule has 18 heavy (non-hydrogen) atoms. The number of aryl methyl sites for hydroxylation is 1. The van der Waals surface area contributed by atoms with E-state index >= 15 is 0 Å². The van der Waals surface area contributed by atoms with E-state index in [1.54, 1.807) is 0 Å². The summed E-state index contributed by atoms with van der Waals surface area (Å²) < 4.78 is 2.28. The van der Waals surface area contributed by atoms with E-state index in [-0.39, 0.29) is 0 Å². The molecule has 102 valence electrons. The third-order valence-electron chi connectivity index (χ3n) is 4.30. The zero-order chi connectivity index (χ0) is 12.8. The molecule has 1 aromatic rings. The Hall–Kier alpha value is -0.830. The monoisotopic (exact) mass is 249 g/mol. The predicted octanol–water partition coefficient (Wildman–Crippen LogP) is 3.52. The van der Waals surface area contributed by atoms with Crippen molar-refractivity contribution < 1.29 is 0 Å². The van der Waals surface area contributed by atoms with E-state index in [1.807, 2.05) is 6.20 Å². The lowest BCUT2D eigenvalue weighted by Crippen LogP contribution is -2.28. The molecule has 0 saturated heterocycles. The molecule has 0 bridgehead atoms. The minimum atomic E-state index is 0.429. The number of hydrogen-bond acceptors (Lipinski definition) is 2. The van der Waals surface area contributed by atoms with Crippen LogP contribution < -0.4 is 5.32 Å². The van der Waals surface area contributed by atoms with E-state index in [0.29, 0.717) is 6.04 Å². The van der Waals surface area contributed by atoms with Crippen LogP contribution in [0.4, 0.5) is 0 Å². The molecular formula is C15H27N3. The number of rotatable bonds is 4. The first-order chi connectivity index (χ1) is 8.86. The SMILES string of the molecule is CCn1ccnc1C(NC)C1CCCCCCC1. The molecule has 1 atom stereocenters. The molecule has 3 nitrogen and oxygen atoms in total. The van der Waals surface area contributed by atoms with Gasteiger partial charge in [-0.2, -0.15) is 0 Å². The van der Waals surface area contributed by atoms with Gasteiger partial charge in [-0.1, -0.05) is 32.1 Å². The lowest BCUT2D eigenvalue weighted by atomic mass is 9.85. The van der Waals surface area contributed by atoms with E-state index < -0.39 is 0 Å². The van der Waals surface area contributed by atoms with Gasteiger partial charge < -0.3 is 9.88 Å². The maximum Gasteiger partial charge on any atom is 0.126 e. The maximum atomic E-state index is 4.59. The molecule has 1 fully saturated rings. The molecule has 0 amide bonds. The molecular weight excluding hydrogens is 222 g/mol. The zero-order valence-electron chi connectivity index (χ0n) is 11.9. The first-order valence-electron chi connectivity index (χ1n) is 7.55. The lowest BCUT2D eigenvalue weighted by molar-refractivity contribution is 0.285. The molecule has 1 aliphatic rings. The maximum absolute atomic E-state index is 4.59. The van der Waals surface area contributed by atoms with Crippen LogP contribution in [-0.2, 0) is 6.54 Å². The molecule has 0 spiro atoms. The minimum Gasteiger partial charge on any atom is -0.334 e. The Morgan fingerprint density at radius 1 is 1.28 bits per heavy atom. The third kappa shape index (κ3) is 3.14. The van der Waals surface area contributed by atoms with Crippen LogP contribution in [0.5, 0.6) is 0 Å². The van der Waals surface area contributed by atoms with Gasteiger partial charge in [-0.15, -0.1) is 0 Å². The van der Waals surface area contributed by atoms with Gasteiger partial charge in [0.25, 0.3) is 0 Å². The molecule has 2 rings (SSSR count). The Bertz CT molecular complexity index is 337. The number of aromatic nitrogens is 2. The summed E-state index contributed by atoms with van der Waals surface area (Å²) in [5.74, 6) is 1.98. The standard InChI is InChI=1S/C15H27N3/c1-3-18-12-11-17-15(18)14(16-2)13-9-7-5-4-6-8-10-13/h11-14,16H,3-10H2,1-2H3. The van der Waals surface area contributed by atoms with Gasteiger partial charge in [0, 0.05) is 18.9 Å². The smallest absolute Gasteiger partial charge is 0.126 e. The Balaban J connectivity index is 2.10. The van der Waals surface area contributed by atoms with Crippen LogP contribution >= 0.6 is 0 Å². The first kappa shape index (κ1) is 13.6. The Morgan fingerprint density at radius 2 is 1.94 bits per heavy atom. The van der Waals surface area contributed by atoms with Crippen molar-refractivity contribution in [3.63, 3.8) is 0 Å². The third-order valence-corrected chi connectivity index (χ3v) is 4.30. The highest BCUT2D eigenvalue weighted by atomic mass is 15.1. The molecule has 1 saturated carbocycles. The average Bonchev–Trinajstić information content (AvgIpc) is 2.80. The Labute approximate surface area is 111 Å². The fourth-order valence-corrected chi connectivity index (χ4v) is 3.26. The van der Waals surface area contributed by atoms with Crippen molar-refractivity contribution in [2.45, 2.75) is 64.5 Å². The largest absolute Gasteiger partial charge is 0.334 e. The van der Waals surface area contributed by atoms with Crippen LogP contribution in [0.25, 0.3) is 0 Å². The fourth-order valence-electron chi connectivity index (χ4n) is 3.26. The summed E-state index contributed by atoms with van der Waals surface area (Å²) in [5, 5.41) is 3.51. The van der Waals surface area contributed by atoms with Gasteiger partial charge in [-0.25, -0.2) is 4.98 Å². The molecule has 1 aliphatic carbocycles. The molecule has 0 aliphatic heterocycles. The molecule has 1 aromatic heterocycles. The van der Waals surface area contributed by atoms with Crippen LogP contribution in [0.3, 0.4) is 0 Å². The van der Waals surface area contributed by atoms with Gasteiger partial charge in [-0.3, -0.25) is 0 Å². The number of nitrogens with zero attached hydrogens (tertiary/aromatic N) is 2. The van der Waals surface area contributed by atoms with Gasteiger partial charge in [0.2, 0.25) is 0 Å². The van der Waals surface area contributed by atoms with Crippen molar-refractivity contribution in [1.29, 1.82) is 0 Å². The van der Waals surface area contributed by atoms with Gasteiger partial charge in [-0.05, 0) is 32.7 Å². The number of nitrogens with one attached hydrogen (secondary N) is 1. The first-order valence-corrected chi connectivity index (χ1v) is 7.55. The molecule has 3 heteroatoms. The molecule has 0 radical (unpaired) electrons. The second-order valence-electron chi connectivity index (χ2n) is 5.44. The summed E-state index contributed by atoms with van der Waals surface area (Å²) in [6.07, 6.45) is 13.8. The number of hydrogen-bond donors (Lipinski definition) is 1. The number of imidazole rings is 1. The van der Waals surface area contributed by atoms with Crippen LogP contribution in [0, 0.1) is 5.92 Å². The summed E-state index contributed by atoms with van der Waals surface area (Å²) in [7, 11) is 2.08. The normalized spacial score (nSPS) is 20.3. The Morgan fingerprint density at radius 3 is 2.56 bits per heavy atom. The van der Waals surface area contributed by atoms with E-state index in [4.69, 9.17) is 0 Å². The highest BCUT2D eigenvalue weighted by Crippen LogP contribution is 2.32. The van der Waals surface area contributed by atoms with E-state index in [1.165, 1.54) is 50.8 Å². The van der Waals surface area contributed by atoms with Crippen molar-refractivity contribution in [2.24, 2.45) is 5.92 Å². The molecule has 1 N–H and O–H groups in total. The average molecular weight is 249 g/mol. The second kappa shape index (κ2) is 6.93. The van der Waals surface area contributed by atoms with Gasteiger partial charge in [0.15, 0.2) is 0 Å². The summed E-state index contributed by atoms with van der Waals surface area (Å²) in [5.41, 5.74) is 0. The van der Waals surface area contributed by atoms with Crippen LogP contribution in [0.1, 0.15) is 63.7 Å². The molecule has 0 aromatic carbocycles. The second-order valence-corrected chi connectivity index (χ2v) is 5.44. The predicted molar refractivity (Wildman–Crippen MR) is 75.5 cm³/mol. The van der Waals surface area contributed by atoms with E-state index in [2.05, 4.69) is 35.0 Å². The van der Waals surface area contributed by atoms with Crippen LogP contribution in [-0.4, -0.2) is 16.6 Å². The van der Waals surface area contributed by atoms with Crippen molar-refractivity contribution in [2.75, 3.05) is 7.05 Å². The summed E-state index contributed by atoms with van der Waals surface area (Å²) in [6.45, 7) is 3.20. The quantitative estimate of drug-likeness (QED) is 0.884. The van der Waals surface area contributed by atoms with Crippen molar-refractivity contribution in [3.05, 3.63) is 18.2 Å². The summed E-state index contributed by atoms with van der Waals surface area (Å²) in [4.78, 5) is 4.59. The topological polar surface area (TPSA) is 29.9 Å². The van der Waals surface area contributed by atoms with Crippen LogP contribution in [0.15, 0.2) is 12.4 Å². The van der Waals surface area contributed by atoms with Crippen LogP contribution in [0.2, 0.25) is 0 Å². The minimum absolute atomic E-state index is 0.429. The fraction of sp³-hybridized carbons (Fsp3) is 0.800. The van der Waals surface area contributed by atoms with Crippen molar-refractivity contribution in [3.8, 4) is 0 Å². The zero-order valence-corrected chi connectivity index (χ0v) is 11.9. The van der Waals surface area contributed by atoms with Gasteiger partial charge in [0.05, 0.1) is 6.04 Å².